The molecule has 1 heterocycles. The second kappa shape index (κ2) is 11.4. The van der Waals surface area contributed by atoms with Gasteiger partial charge in [-0.05, 0) is 29.8 Å². The number of nitro benzene ring substituents is 1. The van der Waals surface area contributed by atoms with Crippen LogP contribution in [0, 0.1) is 21.4 Å². The Balaban J connectivity index is 1.77. The summed E-state index contributed by atoms with van der Waals surface area (Å²) in [6.45, 7) is 1.37. The lowest BCUT2D eigenvalue weighted by Crippen LogP contribution is -2.13. The first-order valence-corrected chi connectivity index (χ1v) is 12.6. The zero-order valence-corrected chi connectivity index (χ0v) is 20.6. The van der Waals surface area contributed by atoms with Crippen molar-refractivity contribution in [2.45, 2.75) is 18.7 Å². The third kappa shape index (κ3) is 6.20. The Morgan fingerprint density at radius 1 is 1.28 bits per heavy atom. The molecule has 2 aromatic carbocycles. The lowest BCUT2D eigenvalue weighted by molar-refractivity contribution is -0.385. The number of aromatic nitrogens is 2. The fourth-order valence-electron chi connectivity index (χ4n) is 2.86. The van der Waals surface area contributed by atoms with Crippen LogP contribution in [0.3, 0.4) is 0 Å². The van der Waals surface area contributed by atoms with E-state index < -0.39 is 25.8 Å². The molecule has 0 atom stereocenters. The van der Waals surface area contributed by atoms with Crippen molar-refractivity contribution in [1.29, 1.82) is 5.26 Å². The van der Waals surface area contributed by atoms with Gasteiger partial charge in [0.05, 0.1) is 23.3 Å². The van der Waals surface area contributed by atoms with Gasteiger partial charge in [0, 0.05) is 17.6 Å². The van der Waals surface area contributed by atoms with E-state index in [1.807, 2.05) is 0 Å². The molecule has 186 valence electrons. The number of methoxy groups -OCH3 is 1. The van der Waals surface area contributed by atoms with Gasteiger partial charge in [0.25, 0.3) is 16.8 Å². The summed E-state index contributed by atoms with van der Waals surface area (Å²) >= 11 is 0.681. The van der Waals surface area contributed by atoms with Crippen LogP contribution < -0.4 is 14.8 Å². The molecule has 0 fully saturated rings. The molecule has 0 unspecified atom stereocenters. The van der Waals surface area contributed by atoms with Crippen LogP contribution in [-0.2, 0) is 21.2 Å². The number of hydrogen-bond acceptors (Lipinski definition) is 11. The standard InChI is InChI=1S/C22H19N5O7S2/c1-3-36(31,32)22-25-21(35-26-22)24-20(28)16(12-23)10-14-8-9-18(19(11-14)33-2)34-13-15-6-4-5-7-17(15)27(29)30/h4-11H,3,13H2,1-2H3,(H,24,25,26,28)/b16-10-. The maximum atomic E-state index is 12.5. The number of nitrogens with one attached hydrogen (secondary N) is 1. The molecule has 0 saturated carbocycles. The summed E-state index contributed by atoms with van der Waals surface area (Å²) in [6.07, 6.45) is 1.30. The van der Waals surface area contributed by atoms with Crippen molar-refractivity contribution in [3.8, 4) is 17.6 Å². The van der Waals surface area contributed by atoms with Crippen molar-refractivity contribution in [1.82, 2.24) is 9.36 Å². The second-order valence-electron chi connectivity index (χ2n) is 6.99. The van der Waals surface area contributed by atoms with Crippen LogP contribution in [0.2, 0.25) is 0 Å². The number of rotatable bonds is 10. The number of nitro groups is 1. The summed E-state index contributed by atoms with van der Waals surface area (Å²) in [5.41, 5.74) is 0.461. The second-order valence-corrected chi connectivity index (χ2v) is 9.92. The van der Waals surface area contributed by atoms with Gasteiger partial charge in [-0.2, -0.15) is 14.6 Å². The van der Waals surface area contributed by atoms with E-state index in [2.05, 4.69) is 14.7 Å². The highest BCUT2D eigenvalue weighted by molar-refractivity contribution is 7.91. The van der Waals surface area contributed by atoms with E-state index in [0.29, 0.717) is 28.4 Å². The summed E-state index contributed by atoms with van der Waals surface area (Å²) in [7, 11) is -2.23. The zero-order valence-electron chi connectivity index (χ0n) is 19.0. The number of nitriles is 1. The van der Waals surface area contributed by atoms with Crippen molar-refractivity contribution in [3.63, 3.8) is 0 Å². The van der Waals surface area contributed by atoms with Gasteiger partial charge in [0.2, 0.25) is 15.0 Å². The molecule has 12 nitrogen and oxygen atoms in total. The highest BCUT2D eigenvalue weighted by Gasteiger charge is 2.20. The van der Waals surface area contributed by atoms with Gasteiger partial charge in [-0.1, -0.05) is 25.1 Å². The number of ether oxygens (including phenoxy) is 2. The minimum Gasteiger partial charge on any atom is -0.493 e. The number of benzene rings is 2. The van der Waals surface area contributed by atoms with Crippen LogP contribution in [0.15, 0.2) is 53.2 Å². The summed E-state index contributed by atoms with van der Waals surface area (Å²) in [4.78, 5) is 27.0. The molecule has 1 aromatic heterocycles. The van der Waals surface area contributed by atoms with Gasteiger partial charge in [-0.3, -0.25) is 20.2 Å². The number of anilines is 1. The third-order valence-corrected chi connectivity index (χ3v) is 6.97. The minimum absolute atomic E-state index is 0.0653. The van der Waals surface area contributed by atoms with Crippen molar-refractivity contribution in [2.75, 3.05) is 18.2 Å². The maximum Gasteiger partial charge on any atom is 0.276 e. The number of para-hydroxylation sites is 1. The summed E-state index contributed by atoms with van der Waals surface area (Å²) < 4.78 is 38.4. The molecule has 3 aromatic rings. The highest BCUT2D eigenvalue weighted by atomic mass is 32.2. The smallest absolute Gasteiger partial charge is 0.276 e. The first kappa shape index (κ1) is 26.3. The molecule has 0 radical (unpaired) electrons. The Bertz CT molecular complexity index is 1480. The van der Waals surface area contributed by atoms with Gasteiger partial charge in [0.1, 0.15) is 18.2 Å². The van der Waals surface area contributed by atoms with Crippen LogP contribution in [0.1, 0.15) is 18.1 Å². The summed E-state index contributed by atoms with van der Waals surface area (Å²) in [5.74, 6) is -0.415. The average molecular weight is 530 g/mol. The Labute approximate surface area is 210 Å². The van der Waals surface area contributed by atoms with E-state index in [4.69, 9.17) is 9.47 Å². The van der Waals surface area contributed by atoms with Crippen molar-refractivity contribution in [2.24, 2.45) is 0 Å². The molecular weight excluding hydrogens is 510 g/mol. The first-order valence-electron chi connectivity index (χ1n) is 10.2. The van der Waals surface area contributed by atoms with E-state index in [1.54, 1.807) is 36.4 Å². The Morgan fingerprint density at radius 2 is 2.03 bits per heavy atom. The van der Waals surface area contributed by atoms with Gasteiger partial charge in [-0.25, -0.2) is 8.42 Å². The first-order chi connectivity index (χ1) is 17.2. The molecule has 0 saturated heterocycles. The molecule has 14 heteroatoms. The number of carbonyl (C=O) groups is 1. The Hall–Kier alpha value is -4.35. The SMILES string of the molecule is CCS(=O)(=O)c1nsc(NC(=O)/C(C#N)=C\c2ccc(OCc3ccccc3[N+](=O)[O-])c(OC)c2)n1. The van der Waals surface area contributed by atoms with Crippen molar-refractivity contribution in [3.05, 3.63) is 69.3 Å². The van der Waals surface area contributed by atoms with Crippen LogP contribution in [0.4, 0.5) is 10.8 Å². The van der Waals surface area contributed by atoms with E-state index in [9.17, 15) is 28.6 Å². The van der Waals surface area contributed by atoms with Crippen LogP contribution >= 0.6 is 11.5 Å². The molecule has 0 spiro atoms. The van der Waals surface area contributed by atoms with Crippen LogP contribution in [0.25, 0.3) is 6.08 Å². The van der Waals surface area contributed by atoms with E-state index >= 15 is 0 Å². The Kier molecular flexibility index (Phi) is 8.30. The average Bonchev–Trinajstić information content (AvgIpc) is 3.35. The van der Waals surface area contributed by atoms with E-state index in [-0.39, 0.29) is 34.5 Å². The van der Waals surface area contributed by atoms with Crippen molar-refractivity contribution >= 4 is 44.2 Å². The lowest BCUT2D eigenvalue weighted by Gasteiger charge is -2.12. The Morgan fingerprint density at radius 3 is 2.69 bits per heavy atom. The highest BCUT2D eigenvalue weighted by Crippen LogP contribution is 2.31. The van der Waals surface area contributed by atoms with E-state index in [1.165, 1.54) is 32.2 Å². The zero-order chi connectivity index (χ0) is 26.3. The molecular formula is C22H19N5O7S2. The fourth-order valence-corrected chi connectivity index (χ4v) is 4.44. The number of sulfone groups is 1. The maximum absolute atomic E-state index is 12.5. The summed E-state index contributed by atoms with van der Waals surface area (Å²) in [6, 6.07) is 12.6. The lowest BCUT2D eigenvalue weighted by atomic mass is 10.1. The molecule has 0 bridgehead atoms. The van der Waals surface area contributed by atoms with Gasteiger partial charge in [0.15, 0.2) is 11.5 Å². The monoisotopic (exact) mass is 529 g/mol. The fraction of sp³-hybridized carbons (Fsp3) is 0.182. The predicted molar refractivity (Wildman–Crippen MR) is 130 cm³/mol. The molecule has 1 amide bonds. The normalized spacial score (nSPS) is 11.4. The molecule has 0 aliphatic rings. The number of amides is 1. The molecule has 3 rings (SSSR count). The summed E-state index contributed by atoms with van der Waals surface area (Å²) in [5, 5.41) is 22.5. The topological polar surface area (TPSA) is 174 Å². The quantitative estimate of drug-likeness (QED) is 0.177. The van der Waals surface area contributed by atoms with Crippen molar-refractivity contribution < 1.29 is 27.6 Å². The van der Waals surface area contributed by atoms with Gasteiger partial charge < -0.3 is 9.47 Å². The van der Waals surface area contributed by atoms with Crippen LogP contribution in [-0.4, -0.2) is 41.5 Å². The predicted octanol–water partition coefficient (Wildman–Crippen LogP) is 3.37. The number of hydrogen-bond donors (Lipinski definition) is 1. The van der Waals surface area contributed by atoms with Gasteiger partial charge >= 0.3 is 0 Å². The molecule has 36 heavy (non-hydrogen) atoms. The van der Waals surface area contributed by atoms with Gasteiger partial charge in [-0.15, -0.1) is 0 Å². The molecule has 1 N–H and O–H groups in total. The number of carbonyl (C=O) groups excluding carboxylic acids is 1. The largest absolute Gasteiger partial charge is 0.493 e. The number of nitrogens with zero attached hydrogens (tertiary/aromatic N) is 4. The third-order valence-electron chi connectivity index (χ3n) is 4.72. The van der Waals surface area contributed by atoms with E-state index in [0.717, 1.165) is 0 Å². The minimum atomic E-state index is -3.63. The molecule has 0 aliphatic carbocycles. The van der Waals surface area contributed by atoms with Crippen LogP contribution in [0.5, 0.6) is 11.5 Å². The molecule has 0 aliphatic heterocycles.